The fourth-order valence-corrected chi connectivity index (χ4v) is 2.48. The molecular weight excluding hydrogens is 272 g/mol. The van der Waals surface area contributed by atoms with Crippen LogP contribution in [0.15, 0.2) is 0 Å². The van der Waals surface area contributed by atoms with Crippen LogP contribution < -0.4 is 9.64 Å². The van der Waals surface area contributed by atoms with E-state index in [0.29, 0.717) is 6.54 Å². The van der Waals surface area contributed by atoms with Crippen LogP contribution in [0, 0.1) is 5.92 Å². The molecule has 8 heteroatoms. The summed E-state index contributed by atoms with van der Waals surface area (Å²) in [4.78, 5) is 24.9. The molecule has 1 aromatic heterocycles. The molecule has 0 saturated carbocycles. The lowest BCUT2D eigenvalue weighted by Crippen LogP contribution is -2.50. The number of aliphatic carboxylic acids is 1. The summed E-state index contributed by atoms with van der Waals surface area (Å²) in [6.45, 7) is 2.48. The molecule has 2 rings (SSSR count). The van der Waals surface area contributed by atoms with E-state index in [-0.39, 0.29) is 23.2 Å². The van der Waals surface area contributed by atoms with Crippen molar-refractivity contribution in [3.05, 3.63) is 5.28 Å². The van der Waals surface area contributed by atoms with E-state index >= 15 is 0 Å². The maximum absolute atomic E-state index is 11.4. The summed E-state index contributed by atoms with van der Waals surface area (Å²) in [7, 11) is 1.42. The Bertz CT molecular complexity index is 485. The number of aromatic nitrogens is 3. The van der Waals surface area contributed by atoms with Crippen LogP contribution >= 0.6 is 11.6 Å². The average Bonchev–Trinajstić information content (AvgIpc) is 2.37. The topological polar surface area (TPSA) is 88.4 Å². The zero-order valence-electron chi connectivity index (χ0n) is 10.7. The van der Waals surface area contributed by atoms with E-state index in [1.54, 1.807) is 4.90 Å². The molecule has 0 aliphatic carbocycles. The molecule has 1 aromatic rings. The summed E-state index contributed by atoms with van der Waals surface area (Å²) in [6, 6.07) is -0.575. The highest BCUT2D eigenvalue weighted by Gasteiger charge is 2.36. The van der Waals surface area contributed by atoms with E-state index in [4.69, 9.17) is 16.3 Å². The van der Waals surface area contributed by atoms with Crippen molar-refractivity contribution in [1.29, 1.82) is 0 Å². The van der Waals surface area contributed by atoms with Gasteiger partial charge in [-0.25, -0.2) is 4.79 Å². The molecule has 2 unspecified atom stereocenters. The molecule has 0 aromatic carbocycles. The van der Waals surface area contributed by atoms with Crippen LogP contribution in [0.25, 0.3) is 0 Å². The summed E-state index contributed by atoms with van der Waals surface area (Å²) < 4.78 is 4.93. The molecule has 1 aliphatic heterocycles. The van der Waals surface area contributed by atoms with Gasteiger partial charge in [-0.15, -0.1) is 0 Å². The van der Waals surface area contributed by atoms with Gasteiger partial charge in [0.25, 0.3) is 0 Å². The van der Waals surface area contributed by atoms with Gasteiger partial charge >= 0.3 is 12.0 Å². The van der Waals surface area contributed by atoms with Crippen molar-refractivity contribution in [2.45, 2.75) is 25.8 Å². The van der Waals surface area contributed by atoms with Gasteiger partial charge in [-0.3, -0.25) is 0 Å². The van der Waals surface area contributed by atoms with Crippen LogP contribution in [-0.4, -0.2) is 45.7 Å². The van der Waals surface area contributed by atoms with Crippen molar-refractivity contribution in [2.24, 2.45) is 5.92 Å². The van der Waals surface area contributed by atoms with Gasteiger partial charge in [0.15, 0.2) is 0 Å². The van der Waals surface area contributed by atoms with Crippen molar-refractivity contribution in [2.75, 3.05) is 18.6 Å². The number of rotatable bonds is 3. The Morgan fingerprint density at radius 1 is 1.47 bits per heavy atom. The molecule has 1 aliphatic rings. The SMILES string of the molecule is COc1nc(Cl)nc(N2CCCC(C)C2C(=O)O)n1. The van der Waals surface area contributed by atoms with E-state index in [1.165, 1.54) is 7.11 Å². The Morgan fingerprint density at radius 3 is 2.84 bits per heavy atom. The van der Waals surface area contributed by atoms with Gasteiger partial charge in [-0.2, -0.15) is 15.0 Å². The molecule has 0 radical (unpaired) electrons. The highest BCUT2D eigenvalue weighted by molar-refractivity contribution is 6.28. The molecule has 1 fully saturated rings. The molecule has 0 bridgehead atoms. The first-order chi connectivity index (χ1) is 9.02. The second-order valence-electron chi connectivity index (χ2n) is 4.49. The summed E-state index contributed by atoms with van der Waals surface area (Å²) in [6.07, 6.45) is 1.75. The third-order valence-corrected chi connectivity index (χ3v) is 3.37. The smallest absolute Gasteiger partial charge is 0.326 e. The first-order valence-electron chi connectivity index (χ1n) is 5.98. The van der Waals surface area contributed by atoms with Gasteiger partial charge in [0.05, 0.1) is 7.11 Å². The lowest BCUT2D eigenvalue weighted by Gasteiger charge is -2.37. The molecule has 2 atom stereocenters. The minimum absolute atomic E-state index is 0.00999. The van der Waals surface area contributed by atoms with Crippen molar-refractivity contribution in [3.8, 4) is 6.01 Å². The number of hydrogen-bond donors (Lipinski definition) is 1. The van der Waals surface area contributed by atoms with E-state index in [9.17, 15) is 9.90 Å². The minimum Gasteiger partial charge on any atom is -0.480 e. The molecule has 2 heterocycles. The van der Waals surface area contributed by atoms with E-state index in [1.807, 2.05) is 6.92 Å². The molecule has 0 amide bonds. The summed E-state index contributed by atoms with van der Waals surface area (Å²) >= 11 is 5.80. The Hall–Kier alpha value is -1.63. The molecule has 1 saturated heterocycles. The number of carboxylic acid groups (broad SMARTS) is 1. The van der Waals surface area contributed by atoms with Gasteiger partial charge in [-0.05, 0) is 30.4 Å². The molecule has 7 nitrogen and oxygen atoms in total. The van der Waals surface area contributed by atoms with Crippen molar-refractivity contribution in [1.82, 2.24) is 15.0 Å². The number of carboxylic acids is 1. The second-order valence-corrected chi connectivity index (χ2v) is 4.83. The fraction of sp³-hybridized carbons (Fsp3) is 0.636. The standard InChI is InChI=1S/C11H15ClN4O3/c1-6-4-3-5-16(7(6)8(17)18)10-13-9(12)14-11(15-10)19-2/h6-7H,3-5H2,1-2H3,(H,17,18). The molecular formula is C11H15ClN4O3. The monoisotopic (exact) mass is 286 g/mol. The Balaban J connectivity index is 2.37. The lowest BCUT2D eigenvalue weighted by atomic mass is 9.91. The third kappa shape index (κ3) is 2.86. The van der Waals surface area contributed by atoms with Gasteiger partial charge in [0.1, 0.15) is 6.04 Å². The average molecular weight is 287 g/mol. The van der Waals surface area contributed by atoms with Crippen LogP contribution in [-0.2, 0) is 4.79 Å². The molecule has 0 spiro atoms. The van der Waals surface area contributed by atoms with E-state index in [0.717, 1.165) is 12.8 Å². The maximum Gasteiger partial charge on any atom is 0.326 e. The van der Waals surface area contributed by atoms with E-state index in [2.05, 4.69) is 15.0 Å². The van der Waals surface area contributed by atoms with Crippen LogP contribution in [0.1, 0.15) is 19.8 Å². The van der Waals surface area contributed by atoms with Crippen molar-refractivity contribution < 1.29 is 14.6 Å². The maximum atomic E-state index is 11.4. The molecule has 1 N–H and O–H groups in total. The Kier molecular flexibility index (Phi) is 4.04. The zero-order valence-corrected chi connectivity index (χ0v) is 11.5. The number of methoxy groups -OCH3 is 1. The quantitative estimate of drug-likeness (QED) is 0.893. The molecule has 19 heavy (non-hydrogen) atoms. The largest absolute Gasteiger partial charge is 0.480 e. The van der Waals surface area contributed by atoms with Gasteiger partial charge in [0, 0.05) is 6.54 Å². The summed E-state index contributed by atoms with van der Waals surface area (Å²) in [5.74, 6) is -0.619. The molecule has 104 valence electrons. The van der Waals surface area contributed by atoms with Crippen LogP contribution in [0.3, 0.4) is 0 Å². The number of halogens is 1. The number of piperidine rings is 1. The van der Waals surface area contributed by atoms with Gasteiger partial charge < -0.3 is 14.7 Å². The van der Waals surface area contributed by atoms with Crippen molar-refractivity contribution in [3.63, 3.8) is 0 Å². The minimum atomic E-state index is -0.886. The highest BCUT2D eigenvalue weighted by Crippen LogP contribution is 2.27. The van der Waals surface area contributed by atoms with E-state index < -0.39 is 12.0 Å². The van der Waals surface area contributed by atoms with Crippen LogP contribution in [0.5, 0.6) is 6.01 Å². The number of carbonyl (C=O) groups is 1. The number of ether oxygens (including phenoxy) is 1. The normalized spacial score (nSPS) is 23.2. The first kappa shape index (κ1) is 13.8. The Morgan fingerprint density at radius 2 is 2.21 bits per heavy atom. The number of nitrogens with zero attached hydrogens (tertiary/aromatic N) is 4. The van der Waals surface area contributed by atoms with Gasteiger partial charge in [0.2, 0.25) is 11.2 Å². The van der Waals surface area contributed by atoms with Crippen LogP contribution in [0.4, 0.5) is 5.95 Å². The number of hydrogen-bond acceptors (Lipinski definition) is 6. The first-order valence-corrected chi connectivity index (χ1v) is 6.35. The fourth-order valence-electron chi connectivity index (χ4n) is 2.33. The third-order valence-electron chi connectivity index (χ3n) is 3.20. The predicted molar refractivity (Wildman–Crippen MR) is 68.6 cm³/mol. The summed E-state index contributed by atoms with van der Waals surface area (Å²) in [5, 5.41) is 9.35. The second kappa shape index (κ2) is 5.56. The zero-order chi connectivity index (χ0) is 14.0. The lowest BCUT2D eigenvalue weighted by molar-refractivity contribution is -0.140. The van der Waals surface area contributed by atoms with Crippen molar-refractivity contribution >= 4 is 23.5 Å². The van der Waals surface area contributed by atoms with Gasteiger partial charge in [-0.1, -0.05) is 6.92 Å². The highest BCUT2D eigenvalue weighted by atomic mass is 35.5. The number of anilines is 1. The summed E-state index contributed by atoms with van der Waals surface area (Å²) in [5.41, 5.74) is 0. The van der Waals surface area contributed by atoms with Crippen LogP contribution in [0.2, 0.25) is 5.28 Å². The Labute approximate surface area is 115 Å². The predicted octanol–water partition coefficient (Wildman–Crippen LogP) is 1.22.